The molecule has 2 fully saturated rings. The van der Waals surface area contributed by atoms with Gasteiger partial charge in [0.2, 0.25) is 0 Å². The summed E-state index contributed by atoms with van der Waals surface area (Å²) in [7, 11) is 0. The molecule has 5 heteroatoms. The maximum absolute atomic E-state index is 5.37. The van der Waals surface area contributed by atoms with Crippen molar-refractivity contribution in [1.29, 1.82) is 0 Å². The fourth-order valence-electron chi connectivity index (χ4n) is 1.06. The Labute approximate surface area is 64.4 Å². The van der Waals surface area contributed by atoms with Gasteiger partial charge in [-0.15, -0.1) is 4.41 Å². The molecule has 2 aliphatic rings. The van der Waals surface area contributed by atoms with E-state index >= 15 is 0 Å². The molecule has 10 heavy (non-hydrogen) atoms. The molecule has 2 saturated heterocycles. The van der Waals surface area contributed by atoms with Crippen molar-refractivity contribution in [3.8, 4) is 0 Å². The fraction of sp³-hybridized carbons (Fsp3) is 1.00. The molecule has 0 aromatic carbocycles. The molecule has 1 atom stereocenters. The number of hydrogen-bond acceptors (Lipinski definition) is 5. The number of rotatable bonds is 1. The third-order valence-electron chi connectivity index (χ3n) is 1.51. The number of hydrogen-bond donors (Lipinski definition) is 2. The number of hydrazine groups is 1. The second-order valence-corrected chi connectivity index (χ2v) is 3.30. The molecule has 0 aromatic rings. The summed E-state index contributed by atoms with van der Waals surface area (Å²) in [5.74, 6) is 1.14. The number of ether oxygens (including phenoxy) is 1. The summed E-state index contributed by atoms with van der Waals surface area (Å²) in [5.41, 5.74) is 3.21. The Kier molecular flexibility index (Phi) is 2.10. The van der Waals surface area contributed by atoms with Crippen molar-refractivity contribution < 1.29 is 4.74 Å². The first-order chi connectivity index (χ1) is 4.97. The molecule has 0 spiro atoms. The van der Waals surface area contributed by atoms with Gasteiger partial charge in [-0.2, -0.15) is 0 Å². The Morgan fingerprint density at radius 1 is 1.50 bits per heavy atom. The number of nitrogens with one attached hydrogen (secondary N) is 2. The summed E-state index contributed by atoms with van der Waals surface area (Å²) in [4.78, 5) is 0. The van der Waals surface area contributed by atoms with E-state index in [4.69, 9.17) is 4.74 Å². The van der Waals surface area contributed by atoms with Crippen LogP contribution in [0.4, 0.5) is 0 Å². The Morgan fingerprint density at radius 3 is 3.10 bits per heavy atom. The Bertz CT molecular complexity index is 97.5. The normalized spacial score (nSPS) is 35.4. The van der Waals surface area contributed by atoms with E-state index in [-0.39, 0.29) is 6.35 Å². The smallest absolute Gasteiger partial charge is 0.188 e. The fourth-order valence-corrected chi connectivity index (χ4v) is 1.89. The summed E-state index contributed by atoms with van der Waals surface area (Å²) in [6.45, 7) is 2.83. The van der Waals surface area contributed by atoms with Crippen LogP contribution in [-0.4, -0.2) is 36.2 Å². The predicted octanol–water partition coefficient (Wildman–Crippen LogP) is -0.642. The minimum atomic E-state index is 0.0903. The van der Waals surface area contributed by atoms with Crippen LogP contribution in [0.2, 0.25) is 0 Å². The van der Waals surface area contributed by atoms with E-state index in [0.29, 0.717) is 0 Å². The first-order valence-electron chi connectivity index (χ1n) is 3.47. The third kappa shape index (κ3) is 1.28. The Morgan fingerprint density at radius 2 is 2.50 bits per heavy atom. The monoisotopic (exact) mass is 161 g/mol. The molecule has 0 bridgehead atoms. The average molecular weight is 161 g/mol. The van der Waals surface area contributed by atoms with Crippen LogP contribution in [-0.2, 0) is 4.74 Å². The molecule has 0 aliphatic carbocycles. The van der Waals surface area contributed by atoms with Crippen molar-refractivity contribution in [2.24, 2.45) is 0 Å². The molecular weight excluding hydrogens is 150 g/mol. The van der Waals surface area contributed by atoms with Gasteiger partial charge in [-0.3, -0.25) is 5.32 Å². The highest BCUT2D eigenvalue weighted by molar-refractivity contribution is 7.97. The van der Waals surface area contributed by atoms with Crippen LogP contribution in [0.15, 0.2) is 0 Å². The standard InChI is InChI=1S/C5H11N3OS/c1-3-9-5(6-1)8-7-2-4-10-8/h5-7H,1-4H2. The third-order valence-corrected chi connectivity index (χ3v) is 2.50. The Balaban J connectivity index is 1.85. The van der Waals surface area contributed by atoms with Crippen LogP contribution in [0.1, 0.15) is 0 Å². The van der Waals surface area contributed by atoms with Gasteiger partial charge in [-0.25, -0.2) is 5.43 Å². The Hall–Kier alpha value is 0.190. The van der Waals surface area contributed by atoms with Crippen molar-refractivity contribution in [3.05, 3.63) is 0 Å². The first kappa shape index (κ1) is 6.87. The highest BCUT2D eigenvalue weighted by Crippen LogP contribution is 2.16. The van der Waals surface area contributed by atoms with E-state index in [1.807, 2.05) is 4.41 Å². The SMILES string of the molecule is C1COC(N2NCCS2)N1. The summed E-state index contributed by atoms with van der Waals surface area (Å²) in [5, 5.41) is 3.22. The van der Waals surface area contributed by atoms with Crippen molar-refractivity contribution >= 4 is 11.9 Å². The second-order valence-electron chi connectivity index (χ2n) is 2.24. The van der Waals surface area contributed by atoms with Gasteiger partial charge in [0.25, 0.3) is 0 Å². The van der Waals surface area contributed by atoms with Crippen molar-refractivity contribution in [2.75, 3.05) is 25.4 Å². The van der Waals surface area contributed by atoms with E-state index in [0.717, 1.165) is 25.4 Å². The molecule has 0 amide bonds. The summed E-state index contributed by atoms with van der Waals surface area (Å²) < 4.78 is 7.40. The van der Waals surface area contributed by atoms with E-state index < -0.39 is 0 Å². The predicted molar refractivity (Wildman–Crippen MR) is 40.0 cm³/mol. The summed E-state index contributed by atoms with van der Waals surface area (Å²) in [6, 6.07) is 0. The van der Waals surface area contributed by atoms with Gasteiger partial charge in [-0.05, 0) is 0 Å². The molecule has 2 heterocycles. The molecular formula is C5H11N3OS. The molecule has 1 unspecified atom stereocenters. The number of nitrogens with zero attached hydrogens (tertiary/aromatic N) is 1. The highest BCUT2D eigenvalue weighted by Gasteiger charge is 2.25. The van der Waals surface area contributed by atoms with Crippen molar-refractivity contribution in [2.45, 2.75) is 6.35 Å². The highest BCUT2D eigenvalue weighted by atomic mass is 32.2. The zero-order valence-corrected chi connectivity index (χ0v) is 6.49. The maximum atomic E-state index is 5.37. The van der Waals surface area contributed by atoms with Gasteiger partial charge in [-0.1, -0.05) is 11.9 Å². The molecule has 2 rings (SSSR count). The van der Waals surface area contributed by atoms with Crippen LogP contribution in [0.3, 0.4) is 0 Å². The van der Waals surface area contributed by atoms with Gasteiger partial charge < -0.3 is 4.74 Å². The molecule has 4 nitrogen and oxygen atoms in total. The van der Waals surface area contributed by atoms with Gasteiger partial charge in [0, 0.05) is 18.8 Å². The van der Waals surface area contributed by atoms with Gasteiger partial charge in [0.05, 0.1) is 6.61 Å². The van der Waals surface area contributed by atoms with Gasteiger partial charge in [0.15, 0.2) is 6.35 Å². The molecule has 0 aromatic heterocycles. The van der Waals surface area contributed by atoms with E-state index in [9.17, 15) is 0 Å². The average Bonchev–Trinajstić information content (AvgIpc) is 2.59. The van der Waals surface area contributed by atoms with Crippen LogP contribution >= 0.6 is 11.9 Å². The zero-order valence-electron chi connectivity index (χ0n) is 5.67. The van der Waals surface area contributed by atoms with E-state index in [2.05, 4.69) is 10.7 Å². The van der Waals surface area contributed by atoms with E-state index in [1.54, 1.807) is 11.9 Å². The summed E-state index contributed by atoms with van der Waals surface area (Å²) >= 11 is 1.77. The molecule has 2 N–H and O–H groups in total. The quantitative estimate of drug-likeness (QED) is 0.500. The first-order valence-corrected chi connectivity index (χ1v) is 4.42. The zero-order chi connectivity index (χ0) is 6.81. The second kappa shape index (κ2) is 3.06. The lowest BCUT2D eigenvalue weighted by atomic mass is 10.7. The van der Waals surface area contributed by atoms with Gasteiger partial charge in [0.1, 0.15) is 0 Å². The minimum absolute atomic E-state index is 0.0903. The molecule has 2 aliphatic heterocycles. The molecule has 0 radical (unpaired) electrons. The van der Waals surface area contributed by atoms with Crippen molar-refractivity contribution in [3.63, 3.8) is 0 Å². The minimum Gasteiger partial charge on any atom is -0.346 e. The van der Waals surface area contributed by atoms with Crippen LogP contribution < -0.4 is 10.7 Å². The van der Waals surface area contributed by atoms with Crippen LogP contribution in [0, 0.1) is 0 Å². The topological polar surface area (TPSA) is 36.5 Å². The lowest BCUT2D eigenvalue weighted by molar-refractivity contribution is 0.00465. The maximum Gasteiger partial charge on any atom is 0.188 e. The lowest BCUT2D eigenvalue weighted by Gasteiger charge is -2.20. The summed E-state index contributed by atoms with van der Waals surface area (Å²) in [6.07, 6.45) is 0.0903. The van der Waals surface area contributed by atoms with E-state index in [1.165, 1.54) is 0 Å². The van der Waals surface area contributed by atoms with Crippen LogP contribution in [0.5, 0.6) is 0 Å². The molecule has 58 valence electrons. The lowest BCUT2D eigenvalue weighted by Crippen LogP contribution is -2.43. The largest absolute Gasteiger partial charge is 0.346 e. The van der Waals surface area contributed by atoms with Gasteiger partial charge >= 0.3 is 0 Å². The molecule has 0 saturated carbocycles. The van der Waals surface area contributed by atoms with Crippen molar-refractivity contribution in [1.82, 2.24) is 15.2 Å². The van der Waals surface area contributed by atoms with Crippen LogP contribution in [0.25, 0.3) is 0 Å².